The van der Waals surface area contributed by atoms with E-state index in [4.69, 9.17) is 0 Å². The van der Waals surface area contributed by atoms with Gasteiger partial charge in [0.25, 0.3) is 0 Å². The van der Waals surface area contributed by atoms with E-state index in [0.717, 1.165) is 131 Å². The lowest BCUT2D eigenvalue weighted by Gasteiger charge is -2.29. The molecule has 9 rings (SSSR count). The highest BCUT2D eigenvalue weighted by Gasteiger charge is 2.36. The summed E-state index contributed by atoms with van der Waals surface area (Å²) in [4.78, 5) is 54.2. The van der Waals surface area contributed by atoms with Gasteiger partial charge in [-0.05, 0) is 192 Å². The van der Waals surface area contributed by atoms with Crippen LogP contribution in [0, 0.1) is 82.1 Å². The summed E-state index contributed by atoms with van der Waals surface area (Å²) in [6, 6.07) is 52.9. The van der Waals surface area contributed by atoms with Gasteiger partial charge in [0, 0.05) is 80.6 Å². The van der Waals surface area contributed by atoms with E-state index in [-0.39, 0.29) is 22.9 Å². The zero-order chi connectivity index (χ0) is 69.6. The van der Waals surface area contributed by atoms with Crippen LogP contribution in [-0.2, 0) is 9.59 Å². The fourth-order valence-electron chi connectivity index (χ4n) is 11.7. The maximum absolute atomic E-state index is 13.9. The number of rotatable bonds is 18. The van der Waals surface area contributed by atoms with Crippen molar-refractivity contribution in [2.75, 3.05) is 10.6 Å². The average molecular weight is 1320 g/mol. The molecule has 0 radical (unpaired) electrons. The average Bonchev–Trinajstić information content (AvgIpc) is 0.783. The Morgan fingerprint density at radius 2 is 0.643 bits per heavy atom. The Balaban J connectivity index is 0.832. The molecule has 1 aliphatic carbocycles. The van der Waals surface area contributed by atoms with Crippen LogP contribution < -0.4 is 10.6 Å². The molecule has 8 nitrogen and oxygen atoms in total. The van der Waals surface area contributed by atoms with Crippen molar-refractivity contribution in [3.8, 4) is 115 Å². The summed E-state index contributed by atoms with van der Waals surface area (Å²) in [6.45, 7) is 17.6. The first-order valence-electron chi connectivity index (χ1n) is 34.3. The zero-order valence-electron chi connectivity index (χ0n) is 57.7. The second kappa shape index (κ2) is 34.4. The van der Waals surface area contributed by atoms with Gasteiger partial charge in [-0.1, -0.05) is 212 Å². The number of hydrogen-bond acceptors (Lipinski definition) is 4. The van der Waals surface area contributed by atoms with Gasteiger partial charge in [0.2, 0.25) is 11.8 Å². The largest absolute Gasteiger partial charge is 0.478 e. The molecule has 0 aromatic heterocycles. The molecule has 98 heavy (non-hydrogen) atoms. The summed E-state index contributed by atoms with van der Waals surface area (Å²) >= 11 is 0. The number of anilines is 2. The van der Waals surface area contributed by atoms with E-state index >= 15 is 0 Å². The molecule has 1 fully saturated rings. The van der Waals surface area contributed by atoms with Crippen LogP contribution >= 0.6 is 0 Å². The Kier molecular flexibility index (Phi) is 25.2. The van der Waals surface area contributed by atoms with Crippen LogP contribution in [0.2, 0.25) is 39.3 Å². The second-order valence-electron chi connectivity index (χ2n) is 27.2. The third kappa shape index (κ3) is 21.0. The maximum atomic E-state index is 13.9. The predicted octanol–water partition coefficient (Wildman–Crippen LogP) is 20.0. The van der Waals surface area contributed by atoms with Crippen LogP contribution in [0.5, 0.6) is 0 Å². The van der Waals surface area contributed by atoms with Crippen LogP contribution in [0.25, 0.3) is 44.5 Å². The number of benzene rings is 8. The quantitative estimate of drug-likeness (QED) is 0.0384. The Labute approximate surface area is 583 Å². The van der Waals surface area contributed by atoms with Gasteiger partial charge in [-0.25, -0.2) is 9.59 Å². The summed E-state index contributed by atoms with van der Waals surface area (Å²) < 4.78 is 0. The summed E-state index contributed by atoms with van der Waals surface area (Å²) in [5.74, 6) is 29.4. The molecule has 10 heteroatoms. The predicted molar refractivity (Wildman–Crippen MR) is 408 cm³/mol. The standard InChI is InChI=1S/C88H86N2O6Si2/c1-9-11-13-15-17-19-23-69-59-79(83(87(93)94)81(61-69)73-47-35-67(36-48-73)55-57-97(3,4)5)71-43-31-63(32-44-71)27-29-65-39-51-75(52-40-65)89-85(91)77-25-21-22-26-78(77)86(92)90-76-53-41-66(42-54-76)30-28-64-33-45-72(46-34-64)80-60-70(24-20-18-16-14-12-10-2)62-82(84(80)88(95)96)74-49-37-68(38-50-74)56-58-98(6,7)8/h31-54,59-62,77-78H,9-18,21-22,25-26H2,1-8H3,(H,89,91)(H,90,92)(H,93,94)(H,95,96). The van der Waals surface area contributed by atoms with Gasteiger partial charge in [0.1, 0.15) is 16.1 Å². The lowest BCUT2D eigenvalue weighted by Crippen LogP contribution is -2.38. The molecule has 1 saturated carbocycles. The first kappa shape index (κ1) is 71.7. The van der Waals surface area contributed by atoms with E-state index in [2.05, 4.69) is 134 Å². The Morgan fingerprint density at radius 3 is 0.908 bits per heavy atom. The van der Waals surface area contributed by atoms with E-state index in [1.54, 1.807) is 0 Å². The van der Waals surface area contributed by atoms with Crippen molar-refractivity contribution in [3.63, 3.8) is 0 Å². The van der Waals surface area contributed by atoms with E-state index in [1.807, 2.05) is 170 Å². The van der Waals surface area contributed by atoms with Crippen molar-refractivity contribution in [1.29, 1.82) is 0 Å². The topological polar surface area (TPSA) is 133 Å². The van der Waals surface area contributed by atoms with E-state index < -0.39 is 39.9 Å². The van der Waals surface area contributed by atoms with Crippen molar-refractivity contribution in [2.45, 2.75) is 143 Å². The number of amides is 2. The first-order valence-corrected chi connectivity index (χ1v) is 41.3. The summed E-state index contributed by atoms with van der Waals surface area (Å²) in [6.07, 6.45) is 13.3. The van der Waals surface area contributed by atoms with Gasteiger partial charge in [-0.3, -0.25) is 9.59 Å². The maximum Gasteiger partial charge on any atom is 0.336 e. The minimum Gasteiger partial charge on any atom is -0.478 e. The van der Waals surface area contributed by atoms with E-state index in [0.29, 0.717) is 46.5 Å². The third-order valence-electron chi connectivity index (χ3n) is 16.9. The molecule has 0 saturated heterocycles. The van der Waals surface area contributed by atoms with Gasteiger partial charge in [-0.15, -0.1) is 11.1 Å². The van der Waals surface area contributed by atoms with Crippen LogP contribution in [0.3, 0.4) is 0 Å². The number of carbonyl (C=O) groups is 4. The monoisotopic (exact) mass is 1320 g/mol. The Morgan fingerprint density at radius 1 is 0.367 bits per heavy atom. The van der Waals surface area contributed by atoms with Gasteiger partial charge in [0.15, 0.2) is 0 Å². The van der Waals surface area contributed by atoms with Crippen molar-refractivity contribution in [3.05, 3.63) is 225 Å². The number of carbonyl (C=O) groups excluding carboxylic acids is 2. The number of aromatic carboxylic acids is 2. The van der Waals surface area contributed by atoms with Crippen molar-refractivity contribution in [2.24, 2.45) is 11.8 Å². The molecule has 1 aliphatic rings. The normalized spacial score (nSPS) is 13.1. The molecule has 0 aliphatic heterocycles. The number of carboxylic acids is 2. The van der Waals surface area contributed by atoms with Gasteiger partial charge >= 0.3 is 11.9 Å². The minimum absolute atomic E-state index is 0.200. The third-order valence-corrected chi connectivity index (χ3v) is 18.6. The van der Waals surface area contributed by atoms with Crippen molar-refractivity contribution in [1.82, 2.24) is 0 Å². The molecule has 0 spiro atoms. The number of nitrogens with one attached hydrogen (secondary N) is 2. The van der Waals surface area contributed by atoms with Crippen LogP contribution in [0.1, 0.15) is 169 Å². The molecule has 2 amide bonds. The number of unbranched alkanes of at least 4 members (excludes halogenated alkanes) is 8. The Hall–Kier alpha value is -10.6. The van der Waals surface area contributed by atoms with Crippen LogP contribution in [0.4, 0.5) is 11.4 Å². The van der Waals surface area contributed by atoms with Crippen LogP contribution in [-0.4, -0.2) is 50.1 Å². The molecule has 8 aromatic rings. The smallest absolute Gasteiger partial charge is 0.336 e. The fraction of sp³-hybridized carbons (Fsp3) is 0.273. The molecule has 8 aromatic carbocycles. The number of hydrogen-bond donors (Lipinski definition) is 4. The lowest BCUT2D eigenvalue weighted by atomic mass is 9.78. The van der Waals surface area contributed by atoms with Crippen LogP contribution in [0.15, 0.2) is 170 Å². The molecule has 2 atom stereocenters. The minimum atomic E-state index is -1.59. The van der Waals surface area contributed by atoms with Gasteiger partial charge in [-0.2, -0.15) is 0 Å². The summed E-state index contributed by atoms with van der Waals surface area (Å²) in [5, 5.41) is 27.7. The first-order chi connectivity index (χ1) is 47.2. The fourth-order valence-corrected chi connectivity index (χ4v) is 12.7. The SMILES string of the molecule is CCCCCCC#Cc1cc(-c2ccc(C#Cc3ccc(NC(=O)C4CCCCC4C(=O)Nc4ccc(C#Cc5ccc(-c6cc(C#CCCCCCC)cc(-c7ccc(C#C[Si](C)(C)C)cc7)c6C(=O)O)cc5)cc4)cc3)cc2)c(C(=O)O)c(-c2ccc(C#C[Si](C)(C)C)cc2)c1. The molecule has 2 unspecified atom stereocenters. The van der Waals surface area contributed by atoms with E-state index in [1.165, 1.54) is 12.8 Å². The van der Waals surface area contributed by atoms with Gasteiger partial charge < -0.3 is 20.8 Å². The highest BCUT2D eigenvalue weighted by molar-refractivity contribution is 6.84. The molecular formula is C88H86N2O6Si2. The highest BCUT2D eigenvalue weighted by atomic mass is 28.3. The molecule has 4 N–H and O–H groups in total. The highest BCUT2D eigenvalue weighted by Crippen LogP contribution is 2.38. The zero-order valence-corrected chi connectivity index (χ0v) is 59.7. The van der Waals surface area contributed by atoms with Gasteiger partial charge in [0.05, 0.1) is 11.1 Å². The van der Waals surface area contributed by atoms with Crippen molar-refractivity contribution >= 4 is 51.3 Å². The summed E-state index contributed by atoms with van der Waals surface area (Å²) in [7, 11) is -3.18. The molecule has 0 bridgehead atoms. The molecular weight excluding hydrogens is 1240 g/mol. The second-order valence-corrected chi connectivity index (χ2v) is 36.7. The lowest BCUT2D eigenvalue weighted by molar-refractivity contribution is -0.130. The van der Waals surface area contributed by atoms with E-state index in [9.17, 15) is 29.4 Å². The Bertz CT molecular complexity index is 4300. The summed E-state index contributed by atoms with van der Waals surface area (Å²) in [5.41, 5.74) is 20.0. The molecule has 492 valence electrons. The number of carboxylic acid groups (broad SMARTS) is 2. The molecule has 0 heterocycles. The van der Waals surface area contributed by atoms with Crippen molar-refractivity contribution < 1.29 is 29.4 Å².